The average Bonchev–Trinajstić information content (AvgIpc) is 3.11. The molecule has 0 radical (unpaired) electrons. The highest BCUT2D eigenvalue weighted by atomic mass is 35.5. The zero-order valence-electron chi connectivity index (χ0n) is 15.3. The van der Waals surface area contributed by atoms with E-state index in [9.17, 15) is 13.2 Å². The van der Waals surface area contributed by atoms with Crippen LogP contribution in [0, 0.1) is 0 Å². The number of rotatable bonds is 4. The van der Waals surface area contributed by atoms with Gasteiger partial charge in [-0.1, -0.05) is 41.4 Å². The molecule has 154 valence electrons. The zero-order chi connectivity index (χ0) is 21.5. The smallest absolute Gasteiger partial charge is 0.382 e. The number of aromatic nitrogens is 4. The number of imidazole rings is 1. The molecule has 2 aliphatic heterocycles. The monoisotopic (exact) mass is 451 g/mol. The molecule has 0 atom stereocenters. The number of anilines is 1. The Labute approximate surface area is 179 Å². The first-order valence-electron chi connectivity index (χ1n) is 8.78. The van der Waals surface area contributed by atoms with Crippen LogP contribution < -0.4 is 5.73 Å². The summed E-state index contributed by atoms with van der Waals surface area (Å²) in [6.07, 6.45) is -2.61. The van der Waals surface area contributed by atoms with Gasteiger partial charge < -0.3 is 10.3 Å². The average molecular weight is 452 g/mol. The normalized spacial score (nSPS) is 11.9. The van der Waals surface area contributed by atoms with E-state index in [0.717, 1.165) is 12.1 Å². The molecule has 0 fully saturated rings. The topological polar surface area (TPSA) is 69.6 Å². The van der Waals surface area contributed by atoms with E-state index in [1.807, 2.05) is 0 Å². The molecular formula is C20H14Cl2F3N5. The second-order valence-corrected chi connectivity index (χ2v) is 7.46. The van der Waals surface area contributed by atoms with E-state index in [-0.39, 0.29) is 12.2 Å². The third-order valence-electron chi connectivity index (χ3n) is 4.57. The second-order valence-electron chi connectivity index (χ2n) is 6.64. The quantitative estimate of drug-likeness (QED) is 0.455. The summed E-state index contributed by atoms with van der Waals surface area (Å²) in [5.74, 6) is 1.11. The summed E-state index contributed by atoms with van der Waals surface area (Å²) in [6, 6.07) is 10.1. The van der Waals surface area contributed by atoms with Crippen molar-refractivity contribution in [1.82, 2.24) is 19.5 Å². The van der Waals surface area contributed by atoms with Gasteiger partial charge in [-0.05, 0) is 29.8 Å². The van der Waals surface area contributed by atoms with Gasteiger partial charge in [0.2, 0.25) is 0 Å². The first-order chi connectivity index (χ1) is 14.2. The standard InChI is InChI=1S/C20H14Cl2F3N5/c21-14-2-1-3-15(22)13(14)9-30-10-27-18(26)17-19(30)29-16(28-17)8-11-4-6-12(7-5-11)20(23,24)25/h1-7,10H,8-9,26H2. The van der Waals surface area contributed by atoms with Crippen LogP contribution in [0.15, 0.2) is 48.8 Å². The van der Waals surface area contributed by atoms with Crippen molar-refractivity contribution >= 4 is 29.0 Å². The van der Waals surface area contributed by atoms with Gasteiger partial charge in [-0.2, -0.15) is 13.2 Å². The summed E-state index contributed by atoms with van der Waals surface area (Å²) in [7, 11) is 0. The SMILES string of the molecule is Nc1ncn(Cc2c(Cl)cccc2Cl)c2nc(Cc3ccc(C(F)(F)F)cc3)nc1-2. The fraction of sp³-hybridized carbons (Fsp3) is 0.150. The van der Waals surface area contributed by atoms with Crippen molar-refractivity contribution < 1.29 is 13.2 Å². The van der Waals surface area contributed by atoms with E-state index in [0.29, 0.717) is 45.1 Å². The molecule has 0 unspecified atom stereocenters. The molecule has 2 heterocycles. The summed E-state index contributed by atoms with van der Waals surface area (Å²) in [5, 5.41) is 1.01. The lowest BCUT2D eigenvalue weighted by atomic mass is 10.1. The minimum absolute atomic E-state index is 0.206. The zero-order valence-corrected chi connectivity index (χ0v) is 16.8. The molecule has 0 saturated heterocycles. The molecule has 4 rings (SSSR count). The van der Waals surface area contributed by atoms with Crippen LogP contribution >= 0.6 is 23.2 Å². The minimum atomic E-state index is -4.38. The molecule has 2 aliphatic rings. The predicted octanol–water partition coefficient (Wildman–Crippen LogP) is 5.32. The van der Waals surface area contributed by atoms with E-state index >= 15 is 0 Å². The summed E-state index contributed by atoms with van der Waals surface area (Å²) >= 11 is 12.5. The van der Waals surface area contributed by atoms with Crippen LogP contribution in [-0.2, 0) is 19.1 Å². The molecular weight excluding hydrogens is 438 g/mol. The number of nitrogen functional groups attached to an aromatic ring is 1. The number of nitrogens with zero attached hydrogens (tertiary/aromatic N) is 4. The summed E-state index contributed by atoms with van der Waals surface area (Å²) in [5.41, 5.74) is 6.99. The van der Waals surface area contributed by atoms with Crippen molar-refractivity contribution in [3.8, 4) is 11.5 Å². The molecule has 10 heteroatoms. The predicted molar refractivity (Wildman–Crippen MR) is 109 cm³/mol. The highest BCUT2D eigenvalue weighted by molar-refractivity contribution is 6.35. The van der Waals surface area contributed by atoms with Gasteiger partial charge in [-0.25, -0.2) is 15.0 Å². The highest BCUT2D eigenvalue weighted by Gasteiger charge is 2.30. The van der Waals surface area contributed by atoms with Crippen LogP contribution in [0.25, 0.3) is 11.5 Å². The van der Waals surface area contributed by atoms with Crippen LogP contribution in [-0.4, -0.2) is 19.5 Å². The number of alkyl halides is 3. The molecule has 0 spiro atoms. The lowest BCUT2D eigenvalue weighted by Gasteiger charge is -2.13. The number of fused-ring (bicyclic) bond motifs is 1. The van der Waals surface area contributed by atoms with Crippen molar-refractivity contribution in [3.63, 3.8) is 0 Å². The van der Waals surface area contributed by atoms with E-state index in [4.69, 9.17) is 28.9 Å². The molecule has 0 aromatic heterocycles. The van der Waals surface area contributed by atoms with Gasteiger partial charge in [0.05, 0.1) is 18.4 Å². The molecule has 0 aliphatic carbocycles. The number of hydrogen-bond acceptors (Lipinski definition) is 4. The Balaban J connectivity index is 1.66. The molecule has 2 aromatic rings. The third-order valence-corrected chi connectivity index (χ3v) is 5.28. The van der Waals surface area contributed by atoms with Gasteiger partial charge in [0.25, 0.3) is 0 Å². The van der Waals surface area contributed by atoms with Crippen molar-refractivity contribution in [2.45, 2.75) is 19.1 Å². The maximum atomic E-state index is 12.7. The lowest BCUT2D eigenvalue weighted by molar-refractivity contribution is -0.137. The van der Waals surface area contributed by atoms with Crippen LogP contribution in [0.4, 0.5) is 19.0 Å². The number of hydrogen-bond donors (Lipinski definition) is 1. The van der Waals surface area contributed by atoms with E-state index in [1.165, 1.54) is 18.5 Å². The molecule has 2 N–H and O–H groups in total. The van der Waals surface area contributed by atoms with Gasteiger partial charge in [0, 0.05) is 22.0 Å². The second kappa shape index (κ2) is 7.77. The van der Waals surface area contributed by atoms with Crippen molar-refractivity contribution in [2.75, 3.05) is 5.73 Å². The fourth-order valence-electron chi connectivity index (χ4n) is 3.04. The minimum Gasteiger partial charge on any atom is -0.382 e. The molecule has 0 bridgehead atoms. The van der Waals surface area contributed by atoms with E-state index < -0.39 is 11.7 Å². The van der Waals surface area contributed by atoms with Gasteiger partial charge in [0.1, 0.15) is 5.82 Å². The first-order valence-corrected chi connectivity index (χ1v) is 9.54. The lowest BCUT2D eigenvalue weighted by Crippen LogP contribution is -2.09. The van der Waals surface area contributed by atoms with Gasteiger partial charge in [-0.15, -0.1) is 0 Å². The molecule has 5 nitrogen and oxygen atoms in total. The Morgan fingerprint density at radius 3 is 2.27 bits per heavy atom. The van der Waals surface area contributed by atoms with Crippen molar-refractivity contribution in [2.24, 2.45) is 0 Å². The Morgan fingerprint density at radius 1 is 0.967 bits per heavy atom. The third kappa shape index (κ3) is 4.06. The van der Waals surface area contributed by atoms with Crippen molar-refractivity contribution in [1.29, 1.82) is 0 Å². The number of nitrogens with two attached hydrogens (primary N) is 1. The molecule has 2 aromatic carbocycles. The number of halogens is 5. The van der Waals surface area contributed by atoms with Crippen molar-refractivity contribution in [3.05, 3.63) is 81.4 Å². The van der Waals surface area contributed by atoms with Crippen LogP contribution in [0.1, 0.15) is 22.5 Å². The maximum Gasteiger partial charge on any atom is 0.416 e. The summed E-state index contributed by atoms with van der Waals surface area (Å²) in [4.78, 5) is 13.1. The Morgan fingerprint density at radius 2 is 1.63 bits per heavy atom. The van der Waals surface area contributed by atoms with Crippen LogP contribution in [0.3, 0.4) is 0 Å². The first kappa shape index (κ1) is 20.4. The summed E-state index contributed by atoms with van der Waals surface area (Å²) < 4.78 is 40.0. The van der Waals surface area contributed by atoms with E-state index in [2.05, 4.69) is 15.0 Å². The van der Waals surface area contributed by atoms with E-state index in [1.54, 1.807) is 22.8 Å². The highest BCUT2D eigenvalue weighted by Crippen LogP contribution is 2.31. The van der Waals surface area contributed by atoms with Crippen LogP contribution in [0.5, 0.6) is 0 Å². The maximum absolute atomic E-state index is 12.7. The summed E-state index contributed by atoms with van der Waals surface area (Å²) in [6.45, 7) is 0.306. The van der Waals surface area contributed by atoms with Gasteiger partial charge in [0.15, 0.2) is 17.3 Å². The molecule has 0 amide bonds. The molecule has 30 heavy (non-hydrogen) atoms. The van der Waals surface area contributed by atoms with Crippen LogP contribution in [0.2, 0.25) is 10.0 Å². The van der Waals surface area contributed by atoms with Gasteiger partial charge >= 0.3 is 6.18 Å². The molecule has 0 saturated carbocycles. The Hall–Kier alpha value is -2.84. The van der Waals surface area contributed by atoms with Gasteiger partial charge in [-0.3, -0.25) is 0 Å². The largest absolute Gasteiger partial charge is 0.416 e. The Kier molecular flexibility index (Phi) is 5.29. The number of benzene rings is 2. The Bertz CT molecular complexity index is 1150. The fourth-order valence-corrected chi connectivity index (χ4v) is 3.56.